The van der Waals surface area contributed by atoms with Gasteiger partial charge in [-0.05, 0) is 12.1 Å². The molecule has 6 nitrogen and oxygen atoms in total. The fourth-order valence-corrected chi connectivity index (χ4v) is 1.93. The molecular weight excluding hydrogens is 244 g/mol. The number of furan rings is 1. The van der Waals surface area contributed by atoms with Gasteiger partial charge in [0.05, 0.1) is 24.7 Å². The van der Waals surface area contributed by atoms with Crippen molar-refractivity contribution in [3.05, 3.63) is 24.3 Å². The third-order valence-electron chi connectivity index (χ3n) is 1.95. The van der Waals surface area contributed by atoms with Crippen LogP contribution in [0.1, 0.15) is 5.89 Å². The third-order valence-corrected chi connectivity index (χ3v) is 3.02. The molecule has 2 N–H and O–H groups in total. The first-order valence-electron chi connectivity index (χ1n) is 5.02. The number of hydrogen-bond acceptors (Lipinski definition) is 7. The highest BCUT2D eigenvalue weighted by Crippen LogP contribution is 2.20. The number of aliphatic hydroxyl groups is 2. The molecule has 0 radical (unpaired) electrons. The van der Waals surface area contributed by atoms with E-state index in [0.717, 1.165) is 0 Å². The number of aliphatic hydroxyl groups excluding tert-OH is 2. The van der Waals surface area contributed by atoms with Crippen LogP contribution < -0.4 is 0 Å². The van der Waals surface area contributed by atoms with Crippen LogP contribution in [0.3, 0.4) is 0 Å². The Hall–Kier alpha value is -1.31. The maximum absolute atomic E-state index is 9.14. The van der Waals surface area contributed by atoms with E-state index < -0.39 is 6.10 Å². The molecule has 2 heterocycles. The second-order valence-corrected chi connectivity index (χ2v) is 4.36. The summed E-state index contributed by atoms with van der Waals surface area (Å²) in [6.45, 7) is -0.242. The molecule has 0 aliphatic heterocycles. The molecule has 0 saturated heterocycles. The summed E-state index contributed by atoms with van der Waals surface area (Å²) in [5.41, 5.74) is 0. The Morgan fingerprint density at radius 3 is 3.00 bits per heavy atom. The minimum absolute atomic E-state index is 0.242. The van der Waals surface area contributed by atoms with E-state index in [1.807, 2.05) is 0 Å². The topological polar surface area (TPSA) is 92.5 Å². The Balaban J connectivity index is 1.87. The van der Waals surface area contributed by atoms with E-state index in [1.165, 1.54) is 18.0 Å². The van der Waals surface area contributed by atoms with Gasteiger partial charge in [0.15, 0.2) is 5.76 Å². The third kappa shape index (κ3) is 3.32. The van der Waals surface area contributed by atoms with Crippen molar-refractivity contribution in [3.63, 3.8) is 0 Å². The fourth-order valence-electron chi connectivity index (χ4n) is 1.15. The zero-order valence-electron chi connectivity index (χ0n) is 8.94. The van der Waals surface area contributed by atoms with Crippen molar-refractivity contribution < 1.29 is 19.0 Å². The molecule has 0 aliphatic rings. The fraction of sp³-hybridized carbons (Fsp3) is 0.400. The Morgan fingerprint density at radius 2 is 2.29 bits per heavy atom. The SMILES string of the molecule is OCC(O)CSCc1nnc(-c2ccco2)o1. The highest BCUT2D eigenvalue weighted by molar-refractivity contribution is 7.98. The summed E-state index contributed by atoms with van der Waals surface area (Å²) in [4.78, 5) is 0. The zero-order chi connectivity index (χ0) is 12.1. The summed E-state index contributed by atoms with van der Waals surface area (Å²) in [5, 5.41) is 25.5. The van der Waals surface area contributed by atoms with Crippen LogP contribution in [0.5, 0.6) is 0 Å². The van der Waals surface area contributed by atoms with Crippen LogP contribution in [-0.4, -0.2) is 38.9 Å². The van der Waals surface area contributed by atoms with Crippen LogP contribution >= 0.6 is 11.8 Å². The molecule has 1 atom stereocenters. The predicted molar refractivity (Wildman–Crippen MR) is 61.3 cm³/mol. The van der Waals surface area contributed by atoms with Crippen molar-refractivity contribution >= 4 is 11.8 Å². The number of nitrogens with zero attached hydrogens (tertiary/aromatic N) is 2. The Kier molecular flexibility index (Phi) is 4.18. The molecule has 0 bridgehead atoms. The zero-order valence-corrected chi connectivity index (χ0v) is 9.76. The van der Waals surface area contributed by atoms with E-state index in [1.54, 1.807) is 12.1 Å². The lowest BCUT2D eigenvalue weighted by Gasteiger charge is -2.03. The lowest BCUT2D eigenvalue weighted by Crippen LogP contribution is -2.14. The molecule has 92 valence electrons. The van der Waals surface area contributed by atoms with Gasteiger partial charge in [0, 0.05) is 5.75 Å². The van der Waals surface area contributed by atoms with Crippen LogP contribution in [0.25, 0.3) is 11.7 Å². The highest BCUT2D eigenvalue weighted by atomic mass is 32.2. The summed E-state index contributed by atoms with van der Waals surface area (Å²) in [7, 11) is 0. The monoisotopic (exact) mass is 256 g/mol. The first kappa shape index (κ1) is 12.2. The molecule has 2 rings (SSSR count). The molecule has 0 aromatic carbocycles. The Bertz CT molecular complexity index is 443. The molecule has 1 unspecified atom stereocenters. The minimum atomic E-state index is -0.715. The van der Waals surface area contributed by atoms with Crippen molar-refractivity contribution in [2.24, 2.45) is 0 Å². The second kappa shape index (κ2) is 5.85. The minimum Gasteiger partial charge on any atom is -0.459 e. The second-order valence-electron chi connectivity index (χ2n) is 3.33. The van der Waals surface area contributed by atoms with E-state index in [4.69, 9.17) is 19.0 Å². The molecule has 0 fully saturated rings. The summed E-state index contributed by atoms with van der Waals surface area (Å²) in [5.74, 6) is 2.25. The van der Waals surface area contributed by atoms with Gasteiger partial charge in [-0.25, -0.2) is 0 Å². The highest BCUT2D eigenvalue weighted by Gasteiger charge is 2.11. The number of aromatic nitrogens is 2. The molecule has 2 aromatic rings. The molecular formula is C10H12N2O4S. The van der Waals surface area contributed by atoms with E-state index in [-0.39, 0.29) is 6.61 Å². The molecule has 0 spiro atoms. The summed E-state index contributed by atoms with van der Waals surface area (Å²) >= 11 is 1.41. The smallest absolute Gasteiger partial charge is 0.283 e. The first-order valence-corrected chi connectivity index (χ1v) is 6.18. The van der Waals surface area contributed by atoms with Gasteiger partial charge in [-0.3, -0.25) is 0 Å². The molecule has 2 aromatic heterocycles. The number of hydrogen-bond donors (Lipinski definition) is 2. The average Bonchev–Trinajstić information content (AvgIpc) is 2.98. The van der Waals surface area contributed by atoms with E-state index >= 15 is 0 Å². The standard InChI is InChI=1S/C10H12N2O4S/c13-4-7(14)5-17-6-9-11-12-10(16-9)8-2-1-3-15-8/h1-3,7,13-14H,4-6H2. The Morgan fingerprint density at radius 1 is 1.41 bits per heavy atom. The lowest BCUT2D eigenvalue weighted by molar-refractivity contribution is 0.113. The normalized spacial score (nSPS) is 12.8. The van der Waals surface area contributed by atoms with Gasteiger partial charge < -0.3 is 19.0 Å². The van der Waals surface area contributed by atoms with Crippen molar-refractivity contribution in [2.75, 3.05) is 12.4 Å². The van der Waals surface area contributed by atoms with Crippen LogP contribution in [0.2, 0.25) is 0 Å². The maximum Gasteiger partial charge on any atom is 0.283 e. The van der Waals surface area contributed by atoms with Crippen LogP contribution in [0.4, 0.5) is 0 Å². The van der Waals surface area contributed by atoms with E-state index in [0.29, 0.717) is 29.0 Å². The van der Waals surface area contributed by atoms with Gasteiger partial charge in [0.2, 0.25) is 5.89 Å². The largest absolute Gasteiger partial charge is 0.459 e. The van der Waals surface area contributed by atoms with E-state index in [9.17, 15) is 0 Å². The van der Waals surface area contributed by atoms with Crippen LogP contribution in [0.15, 0.2) is 27.2 Å². The van der Waals surface area contributed by atoms with Gasteiger partial charge in [-0.15, -0.1) is 22.0 Å². The molecule has 7 heteroatoms. The van der Waals surface area contributed by atoms with Gasteiger partial charge in [-0.1, -0.05) is 0 Å². The predicted octanol–water partition coefficient (Wildman–Crippen LogP) is 0.916. The van der Waals surface area contributed by atoms with Crippen molar-refractivity contribution in [1.82, 2.24) is 10.2 Å². The summed E-state index contributed by atoms with van der Waals surface area (Å²) in [6.07, 6.45) is 0.818. The Labute approximate surface area is 102 Å². The van der Waals surface area contributed by atoms with Gasteiger partial charge in [-0.2, -0.15) is 0 Å². The summed E-state index contributed by atoms with van der Waals surface area (Å²) in [6, 6.07) is 3.48. The van der Waals surface area contributed by atoms with Gasteiger partial charge in [0.1, 0.15) is 0 Å². The number of thioether (sulfide) groups is 1. The van der Waals surface area contributed by atoms with Crippen molar-refractivity contribution in [1.29, 1.82) is 0 Å². The van der Waals surface area contributed by atoms with Gasteiger partial charge >= 0.3 is 0 Å². The van der Waals surface area contributed by atoms with Crippen molar-refractivity contribution in [2.45, 2.75) is 11.9 Å². The molecule has 17 heavy (non-hydrogen) atoms. The summed E-state index contributed by atoms with van der Waals surface area (Å²) < 4.78 is 10.5. The van der Waals surface area contributed by atoms with Crippen LogP contribution in [0, 0.1) is 0 Å². The van der Waals surface area contributed by atoms with E-state index in [2.05, 4.69) is 10.2 Å². The van der Waals surface area contributed by atoms with Gasteiger partial charge in [0.25, 0.3) is 5.89 Å². The average molecular weight is 256 g/mol. The molecule has 0 amide bonds. The first-order chi connectivity index (χ1) is 8.29. The molecule has 0 aliphatic carbocycles. The van der Waals surface area contributed by atoms with Crippen LogP contribution in [-0.2, 0) is 5.75 Å². The lowest BCUT2D eigenvalue weighted by atomic mass is 10.4. The van der Waals surface area contributed by atoms with Crippen molar-refractivity contribution in [3.8, 4) is 11.7 Å². The quantitative estimate of drug-likeness (QED) is 0.793. The maximum atomic E-state index is 9.14. The molecule has 0 saturated carbocycles. The number of rotatable bonds is 6.